The molecule has 0 N–H and O–H groups in total. The van der Waals surface area contributed by atoms with Crippen LogP contribution in [0.2, 0.25) is 6.32 Å². The van der Waals surface area contributed by atoms with Crippen LogP contribution in [0.1, 0.15) is 78.2 Å². The lowest BCUT2D eigenvalue weighted by Gasteiger charge is -2.34. The summed E-state index contributed by atoms with van der Waals surface area (Å²) in [5.41, 5.74) is 0.515. The Morgan fingerprint density at radius 2 is 1.73 bits per heavy atom. The van der Waals surface area contributed by atoms with Crippen LogP contribution in [-0.2, 0) is 9.39 Å². The molecule has 2 rings (SSSR count). The fourth-order valence-corrected chi connectivity index (χ4v) is 2.93. The molecule has 0 bridgehead atoms. The number of carbonyl (C=O) groups is 1. The molecule has 1 fully saturated rings. The lowest BCUT2D eigenvalue weighted by Crippen LogP contribution is -2.37. The maximum absolute atomic E-state index is 14.4. The lowest BCUT2D eigenvalue weighted by atomic mass is 9.53. The lowest BCUT2D eigenvalue weighted by molar-refractivity contribution is 0.00691. The van der Waals surface area contributed by atoms with Gasteiger partial charge < -0.3 is 9.39 Å². The molecule has 5 heteroatoms. The van der Waals surface area contributed by atoms with Crippen LogP contribution in [0.15, 0.2) is 12.1 Å². The second-order valence-electron chi connectivity index (χ2n) is 8.88. The molecular formula is C21H34BFO3. The topological polar surface area (TPSA) is 35.5 Å². The van der Waals surface area contributed by atoms with Crippen LogP contribution in [0.25, 0.3) is 0 Å². The smallest absolute Gasteiger partial charge is 0.338 e. The summed E-state index contributed by atoms with van der Waals surface area (Å²) in [7, 11) is 0. The van der Waals surface area contributed by atoms with Crippen molar-refractivity contribution in [2.75, 3.05) is 0 Å². The zero-order chi connectivity index (χ0) is 20.5. The molecule has 0 unspecified atom stereocenters. The number of ether oxygens (including phenoxy) is 1. The largest absolute Gasteiger partial charge is 0.456 e. The summed E-state index contributed by atoms with van der Waals surface area (Å²) in [4.78, 5) is 12.3. The van der Waals surface area contributed by atoms with Gasteiger partial charge in [-0.05, 0) is 70.4 Å². The van der Waals surface area contributed by atoms with Gasteiger partial charge in [0.05, 0.1) is 11.2 Å². The second kappa shape index (κ2) is 7.71. The Bertz CT molecular complexity index is 644. The van der Waals surface area contributed by atoms with Crippen molar-refractivity contribution >= 4 is 18.3 Å². The second-order valence-corrected chi connectivity index (χ2v) is 8.88. The van der Waals surface area contributed by atoms with E-state index in [9.17, 15) is 9.18 Å². The molecule has 0 aliphatic carbocycles. The normalized spacial score (nSPS) is 18.2. The summed E-state index contributed by atoms with van der Waals surface area (Å²) in [6.45, 7) is 19.3. The van der Waals surface area contributed by atoms with Gasteiger partial charge in [0.25, 0.3) is 0 Å². The Morgan fingerprint density at radius 3 is 2.15 bits per heavy atom. The van der Waals surface area contributed by atoms with E-state index in [4.69, 9.17) is 9.39 Å². The van der Waals surface area contributed by atoms with Gasteiger partial charge in [-0.25, -0.2) is 9.18 Å². The van der Waals surface area contributed by atoms with Crippen molar-refractivity contribution < 1.29 is 18.6 Å². The van der Waals surface area contributed by atoms with Crippen LogP contribution in [0.4, 0.5) is 4.39 Å². The van der Waals surface area contributed by atoms with Gasteiger partial charge in [-0.1, -0.05) is 33.8 Å². The standard InChI is InChI=1S/C19H28BFO3.C2H6/c1-12-14(20-11-18(5,6)19(7,8)24-20)9-13(10-15(12)21)16(22)23-17(2,3)4;1-2/h9-10H,11H2,1-8H3;1-2H3. The van der Waals surface area contributed by atoms with Crippen molar-refractivity contribution in [3.63, 3.8) is 0 Å². The van der Waals surface area contributed by atoms with Gasteiger partial charge in [0.15, 0.2) is 0 Å². The van der Waals surface area contributed by atoms with E-state index in [-0.39, 0.29) is 23.5 Å². The summed E-state index contributed by atoms with van der Waals surface area (Å²) in [5.74, 6) is -0.918. The van der Waals surface area contributed by atoms with Crippen molar-refractivity contribution in [1.29, 1.82) is 0 Å². The zero-order valence-electron chi connectivity index (χ0n) is 18.0. The van der Waals surface area contributed by atoms with Gasteiger partial charge in [0, 0.05) is 0 Å². The molecule has 0 atom stereocenters. The van der Waals surface area contributed by atoms with Gasteiger partial charge in [-0.15, -0.1) is 0 Å². The zero-order valence-corrected chi connectivity index (χ0v) is 18.0. The molecule has 26 heavy (non-hydrogen) atoms. The average molecular weight is 364 g/mol. The van der Waals surface area contributed by atoms with E-state index in [1.54, 1.807) is 33.8 Å². The first-order valence-electron chi connectivity index (χ1n) is 9.45. The van der Waals surface area contributed by atoms with Gasteiger partial charge in [0.1, 0.15) is 11.4 Å². The molecule has 146 valence electrons. The highest BCUT2D eigenvalue weighted by Crippen LogP contribution is 2.45. The molecular weight excluding hydrogens is 330 g/mol. The fourth-order valence-electron chi connectivity index (χ4n) is 2.93. The molecule has 1 aliphatic rings. The number of hydrogen-bond donors (Lipinski definition) is 0. The first-order chi connectivity index (χ1) is 11.7. The number of esters is 1. The molecule has 1 aromatic carbocycles. The molecule has 0 spiro atoms. The van der Waals surface area contributed by atoms with Crippen molar-refractivity contribution in [2.24, 2.45) is 5.41 Å². The maximum atomic E-state index is 14.4. The molecule has 0 amide bonds. The van der Waals surface area contributed by atoms with E-state index in [1.807, 2.05) is 13.8 Å². The molecule has 0 saturated carbocycles. The predicted octanol–water partition coefficient (Wildman–Crippen LogP) is 5.15. The van der Waals surface area contributed by atoms with Gasteiger partial charge in [0.2, 0.25) is 0 Å². The van der Waals surface area contributed by atoms with Crippen molar-refractivity contribution in [1.82, 2.24) is 0 Å². The van der Waals surface area contributed by atoms with E-state index < -0.39 is 17.4 Å². The third-order valence-electron chi connectivity index (χ3n) is 5.13. The maximum Gasteiger partial charge on any atom is 0.338 e. The SMILES string of the molecule is CC.Cc1c(F)cc(C(=O)OC(C)(C)C)cc1B1CC(C)(C)C(C)(C)O1. The third kappa shape index (κ3) is 4.88. The minimum Gasteiger partial charge on any atom is -0.456 e. The van der Waals surface area contributed by atoms with Crippen LogP contribution in [-0.4, -0.2) is 24.1 Å². The molecule has 1 aromatic rings. The number of hydrogen-bond acceptors (Lipinski definition) is 3. The van der Waals surface area contributed by atoms with E-state index in [0.717, 1.165) is 11.8 Å². The average Bonchev–Trinajstić information content (AvgIpc) is 2.70. The van der Waals surface area contributed by atoms with Crippen LogP contribution in [0.3, 0.4) is 0 Å². The summed E-state index contributed by atoms with van der Waals surface area (Å²) in [5, 5.41) is 0. The van der Waals surface area contributed by atoms with Crippen LogP contribution in [0, 0.1) is 18.2 Å². The molecule has 0 aromatic heterocycles. The van der Waals surface area contributed by atoms with E-state index >= 15 is 0 Å². The monoisotopic (exact) mass is 364 g/mol. The van der Waals surface area contributed by atoms with E-state index in [1.165, 1.54) is 6.07 Å². The summed E-state index contributed by atoms with van der Waals surface area (Å²) < 4.78 is 26.0. The Labute approximate surface area is 158 Å². The highest BCUT2D eigenvalue weighted by Gasteiger charge is 2.50. The molecule has 0 radical (unpaired) electrons. The van der Waals surface area contributed by atoms with Gasteiger partial charge in [-0.2, -0.15) is 0 Å². The highest BCUT2D eigenvalue weighted by molar-refractivity contribution is 6.68. The van der Waals surface area contributed by atoms with Gasteiger partial charge in [-0.3, -0.25) is 0 Å². The minimum atomic E-state index is -0.619. The van der Waals surface area contributed by atoms with Gasteiger partial charge >= 0.3 is 12.9 Å². The Balaban J connectivity index is 0.00000163. The van der Waals surface area contributed by atoms with Crippen molar-refractivity contribution in [3.8, 4) is 0 Å². The molecule has 1 aliphatic heterocycles. The fraction of sp³-hybridized carbons (Fsp3) is 0.667. The summed E-state index contributed by atoms with van der Waals surface area (Å²) in [6, 6.07) is 2.97. The number of benzene rings is 1. The summed E-state index contributed by atoms with van der Waals surface area (Å²) >= 11 is 0. The van der Waals surface area contributed by atoms with E-state index in [0.29, 0.717) is 5.56 Å². The van der Waals surface area contributed by atoms with E-state index in [2.05, 4.69) is 27.7 Å². The first kappa shape index (κ1) is 22.7. The Morgan fingerprint density at radius 1 is 1.19 bits per heavy atom. The quantitative estimate of drug-likeness (QED) is 0.538. The number of halogens is 1. The highest BCUT2D eigenvalue weighted by atomic mass is 19.1. The Hall–Kier alpha value is -1.36. The first-order valence-corrected chi connectivity index (χ1v) is 9.45. The van der Waals surface area contributed by atoms with Crippen molar-refractivity contribution in [3.05, 3.63) is 29.1 Å². The molecule has 1 saturated heterocycles. The van der Waals surface area contributed by atoms with Crippen LogP contribution in [0.5, 0.6) is 0 Å². The van der Waals surface area contributed by atoms with Crippen molar-refractivity contribution in [2.45, 2.75) is 86.8 Å². The molecule has 1 heterocycles. The Kier molecular flexibility index (Phi) is 6.73. The molecule has 3 nitrogen and oxygen atoms in total. The van der Waals surface area contributed by atoms with Crippen LogP contribution >= 0.6 is 0 Å². The third-order valence-corrected chi connectivity index (χ3v) is 5.13. The van der Waals surface area contributed by atoms with Crippen LogP contribution < -0.4 is 5.46 Å². The predicted molar refractivity (Wildman–Crippen MR) is 107 cm³/mol. The number of carbonyl (C=O) groups excluding carboxylic acids is 1. The number of rotatable bonds is 2. The summed E-state index contributed by atoms with van der Waals surface area (Å²) in [6.07, 6.45) is 0.776. The minimum absolute atomic E-state index is 0.0392.